The van der Waals surface area contributed by atoms with E-state index in [9.17, 15) is 4.79 Å². The van der Waals surface area contributed by atoms with Gasteiger partial charge in [0, 0.05) is 5.69 Å². The molecule has 3 nitrogen and oxygen atoms in total. The second-order valence-corrected chi connectivity index (χ2v) is 5.75. The van der Waals surface area contributed by atoms with Crippen molar-refractivity contribution in [2.24, 2.45) is 0 Å². The highest BCUT2D eigenvalue weighted by atomic mass is 16.5. The lowest BCUT2D eigenvalue weighted by Crippen LogP contribution is -2.32. The summed E-state index contributed by atoms with van der Waals surface area (Å²) >= 11 is 0. The molecule has 2 atom stereocenters. The number of para-hydroxylation sites is 1. The van der Waals surface area contributed by atoms with Crippen molar-refractivity contribution in [1.82, 2.24) is 0 Å². The van der Waals surface area contributed by atoms with E-state index in [1.165, 1.54) is 5.56 Å². The highest BCUT2D eigenvalue weighted by molar-refractivity contribution is 5.94. The zero-order valence-electron chi connectivity index (χ0n) is 14.1. The molecule has 2 rings (SSSR count). The van der Waals surface area contributed by atoms with Gasteiger partial charge < -0.3 is 10.1 Å². The Hall–Kier alpha value is -2.29. The molecule has 0 aliphatic carbocycles. The molecule has 0 radical (unpaired) electrons. The molecule has 122 valence electrons. The summed E-state index contributed by atoms with van der Waals surface area (Å²) in [4.78, 5) is 12.4. The largest absolute Gasteiger partial charge is 0.481 e. The minimum atomic E-state index is -0.494. The number of ether oxygens (including phenoxy) is 1. The van der Waals surface area contributed by atoms with Gasteiger partial charge in [-0.1, -0.05) is 51.1 Å². The van der Waals surface area contributed by atoms with Crippen LogP contribution in [0.4, 0.5) is 5.69 Å². The number of anilines is 1. The van der Waals surface area contributed by atoms with E-state index in [2.05, 4.69) is 31.3 Å². The number of hydrogen-bond donors (Lipinski definition) is 1. The number of hydrogen-bond acceptors (Lipinski definition) is 2. The first kappa shape index (κ1) is 17.1. The molecule has 0 aromatic heterocycles. The summed E-state index contributed by atoms with van der Waals surface area (Å²) in [5, 5.41) is 2.93. The van der Waals surface area contributed by atoms with Crippen LogP contribution in [0.1, 0.15) is 45.1 Å². The molecule has 0 fully saturated rings. The molecule has 0 unspecified atom stereocenters. The second kappa shape index (κ2) is 8.37. The lowest BCUT2D eigenvalue weighted by Gasteiger charge is -2.17. The number of amides is 1. The van der Waals surface area contributed by atoms with E-state index in [0.717, 1.165) is 12.1 Å². The molecule has 0 bridgehead atoms. The standard InChI is InChI=1S/C20H25NO2/c1-4-15(3)16-11-13-17(14-12-16)21-20(22)19(5-2)23-18-9-7-6-8-10-18/h6-15,19H,4-5H2,1-3H3,(H,21,22)/t15-,19-/m0/s1. The zero-order chi connectivity index (χ0) is 16.7. The van der Waals surface area contributed by atoms with Crippen LogP contribution in [-0.4, -0.2) is 12.0 Å². The summed E-state index contributed by atoms with van der Waals surface area (Å²) in [6.07, 6.45) is 1.23. The van der Waals surface area contributed by atoms with Crippen LogP contribution >= 0.6 is 0 Å². The first-order chi connectivity index (χ1) is 11.1. The fourth-order valence-corrected chi connectivity index (χ4v) is 2.34. The summed E-state index contributed by atoms with van der Waals surface area (Å²) in [6, 6.07) is 17.5. The van der Waals surface area contributed by atoms with Crippen molar-refractivity contribution in [3.63, 3.8) is 0 Å². The van der Waals surface area contributed by atoms with Gasteiger partial charge in [0.15, 0.2) is 6.10 Å². The predicted molar refractivity (Wildman–Crippen MR) is 94.9 cm³/mol. The van der Waals surface area contributed by atoms with Gasteiger partial charge in [-0.3, -0.25) is 4.79 Å². The predicted octanol–water partition coefficient (Wildman–Crippen LogP) is 5.00. The van der Waals surface area contributed by atoms with Crippen LogP contribution in [0.5, 0.6) is 5.75 Å². The highest BCUT2D eigenvalue weighted by Crippen LogP contribution is 2.21. The topological polar surface area (TPSA) is 38.3 Å². The van der Waals surface area contributed by atoms with Crippen molar-refractivity contribution in [2.75, 3.05) is 5.32 Å². The Morgan fingerprint density at radius 2 is 1.65 bits per heavy atom. The lowest BCUT2D eigenvalue weighted by molar-refractivity contribution is -0.122. The summed E-state index contributed by atoms with van der Waals surface area (Å²) < 4.78 is 5.76. The number of nitrogens with one attached hydrogen (secondary N) is 1. The second-order valence-electron chi connectivity index (χ2n) is 5.75. The summed E-state index contributed by atoms with van der Waals surface area (Å²) in [6.45, 7) is 6.32. The van der Waals surface area contributed by atoms with Crippen molar-refractivity contribution < 1.29 is 9.53 Å². The molecule has 2 aromatic rings. The lowest BCUT2D eigenvalue weighted by atomic mass is 9.98. The zero-order valence-corrected chi connectivity index (χ0v) is 14.1. The minimum Gasteiger partial charge on any atom is -0.481 e. The van der Waals surface area contributed by atoms with Crippen LogP contribution in [-0.2, 0) is 4.79 Å². The van der Waals surface area contributed by atoms with Gasteiger partial charge in [0.05, 0.1) is 0 Å². The number of rotatable bonds is 7. The van der Waals surface area contributed by atoms with Gasteiger partial charge in [0.25, 0.3) is 5.91 Å². The first-order valence-corrected chi connectivity index (χ1v) is 8.26. The Labute approximate surface area is 138 Å². The average molecular weight is 311 g/mol. The number of carbonyl (C=O) groups excluding carboxylic acids is 1. The third-order valence-corrected chi connectivity index (χ3v) is 4.04. The van der Waals surface area contributed by atoms with Gasteiger partial charge in [-0.2, -0.15) is 0 Å². The summed E-state index contributed by atoms with van der Waals surface area (Å²) in [5.41, 5.74) is 2.09. The Balaban J connectivity index is 1.99. The molecule has 23 heavy (non-hydrogen) atoms. The summed E-state index contributed by atoms with van der Waals surface area (Å²) in [7, 11) is 0. The molecule has 0 saturated carbocycles. The molecule has 1 amide bonds. The third kappa shape index (κ3) is 4.85. The fraction of sp³-hybridized carbons (Fsp3) is 0.350. The SMILES string of the molecule is CC[C@H](Oc1ccccc1)C(=O)Nc1ccc([C@@H](C)CC)cc1. The molecule has 3 heteroatoms. The first-order valence-electron chi connectivity index (χ1n) is 8.26. The minimum absolute atomic E-state index is 0.118. The Bertz CT molecular complexity index is 607. The van der Waals surface area contributed by atoms with Crippen molar-refractivity contribution in [2.45, 2.75) is 45.6 Å². The Morgan fingerprint density at radius 1 is 1.00 bits per heavy atom. The third-order valence-electron chi connectivity index (χ3n) is 4.04. The van der Waals surface area contributed by atoms with E-state index < -0.39 is 6.10 Å². The molecule has 0 spiro atoms. The molecule has 0 heterocycles. The quantitative estimate of drug-likeness (QED) is 0.781. The van der Waals surface area contributed by atoms with Crippen LogP contribution in [0.25, 0.3) is 0 Å². The van der Waals surface area contributed by atoms with Crippen LogP contribution in [0.2, 0.25) is 0 Å². The van der Waals surface area contributed by atoms with Crippen LogP contribution < -0.4 is 10.1 Å². The van der Waals surface area contributed by atoms with Gasteiger partial charge in [-0.15, -0.1) is 0 Å². The smallest absolute Gasteiger partial charge is 0.265 e. The van der Waals surface area contributed by atoms with Crippen molar-refractivity contribution in [1.29, 1.82) is 0 Å². The van der Waals surface area contributed by atoms with Gasteiger partial charge in [-0.05, 0) is 48.6 Å². The maximum absolute atomic E-state index is 12.4. The fourth-order valence-electron chi connectivity index (χ4n) is 2.34. The van der Waals surface area contributed by atoms with E-state index in [-0.39, 0.29) is 5.91 Å². The van der Waals surface area contributed by atoms with E-state index >= 15 is 0 Å². The molecular weight excluding hydrogens is 286 g/mol. The van der Waals surface area contributed by atoms with E-state index in [4.69, 9.17) is 4.74 Å². The Kier molecular flexibility index (Phi) is 6.21. The van der Waals surface area contributed by atoms with Gasteiger partial charge in [-0.25, -0.2) is 0 Å². The highest BCUT2D eigenvalue weighted by Gasteiger charge is 2.18. The molecule has 1 N–H and O–H groups in total. The maximum atomic E-state index is 12.4. The van der Waals surface area contributed by atoms with Crippen LogP contribution in [0, 0.1) is 0 Å². The van der Waals surface area contributed by atoms with Gasteiger partial charge >= 0.3 is 0 Å². The van der Waals surface area contributed by atoms with Gasteiger partial charge in [0.2, 0.25) is 0 Å². The Morgan fingerprint density at radius 3 is 2.22 bits per heavy atom. The van der Waals surface area contributed by atoms with Crippen LogP contribution in [0.3, 0.4) is 0 Å². The van der Waals surface area contributed by atoms with Gasteiger partial charge in [0.1, 0.15) is 5.75 Å². The number of carbonyl (C=O) groups is 1. The normalized spacial score (nSPS) is 13.2. The summed E-state index contributed by atoms with van der Waals surface area (Å²) in [5.74, 6) is 1.12. The van der Waals surface area contributed by atoms with Crippen molar-refractivity contribution >= 4 is 11.6 Å². The van der Waals surface area contributed by atoms with Crippen LogP contribution in [0.15, 0.2) is 54.6 Å². The molecule has 0 saturated heterocycles. The van der Waals surface area contributed by atoms with E-state index in [1.807, 2.05) is 49.4 Å². The number of benzene rings is 2. The van der Waals surface area contributed by atoms with E-state index in [0.29, 0.717) is 18.1 Å². The monoisotopic (exact) mass is 311 g/mol. The van der Waals surface area contributed by atoms with Crippen molar-refractivity contribution in [3.05, 3.63) is 60.2 Å². The molecule has 0 aliphatic rings. The molecule has 0 aliphatic heterocycles. The maximum Gasteiger partial charge on any atom is 0.265 e. The molecule has 2 aromatic carbocycles. The molecular formula is C20H25NO2. The van der Waals surface area contributed by atoms with E-state index in [1.54, 1.807) is 0 Å². The average Bonchev–Trinajstić information content (AvgIpc) is 2.60. The van der Waals surface area contributed by atoms with Crippen molar-refractivity contribution in [3.8, 4) is 5.75 Å².